The highest BCUT2D eigenvalue weighted by molar-refractivity contribution is 7.99. The molecule has 1 aliphatic rings. The van der Waals surface area contributed by atoms with Gasteiger partial charge in [0.2, 0.25) is 5.91 Å². The van der Waals surface area contributed by atoms with E-state index in [1.807, 2.05) is 17.8 Å². The van der Waals surface area contributed by atoms with Crippen LogP contribution in [-0.2, 0) is 21.9 Å². The van der Waals surface area contributed by atoms with Crippen LogP contribution in [0.15, 0.2) is 33.9 Å². The largest absolute Gasteiger partial charge is 0.339 e. The van der Waals surface area contributed by atoms with E-state index in [1.54, 1.807) is 17.2 Å². The number of rotatable bonds is 5. The van der Waals surface area contributed by atoms with Gasteiger partial charge in [-0.05, 0) is 12.1 Å². The smallest absolute Gasteiger partial charge is 0.252 e. The lowest BCUT2D eigenvalue weighted by atomic mass is 10.3. The number of imidazole rings is 1. The predicted molar refractivity (Wildman–Crippen MR) is 98.6 cm³/mol. The first-order chi connectivity index (χ1) is 11.9. The maximum absolute atomic E-state index is 12.6. The van der Waals surface area contributed by atoms with E-state index in [0.29, 0.717) is 17.4 Å². The van der Waals surface area contributed by atoms with Crippen LogP contribution in [-0.4, -0.2) is 65.0 Å². The number of nitrogens with zero attached hydrogens (tertiary/aromatic N) is 4. The second-order valence-electron chi connectivity index (χ2n) is 5.45. The summed E-state index contributed by atoms with van der Waals surface area (Å²) in [7, 11) is -1.66. The van der Waals surface area contributed by atoms with Gasteiger partial charge in [0.05, 0.1) is 10.1 Å². The van der Waals surface area contributed by atoms with Gasteiger partial charge in [-0.25, -0.2) is 13.4 Å². The molecule has 0 radical (unpaired) electrons. The van der Waals surface area contributed by atoms with Gasteiger partial charge in [0.1, 0.15) is 4.21 Å². The molecular weight excluding hydrogens is 404 g/mol. The normalized spacial score (nSPS) is 16.3. The molecule has 2 aromatic heterocycles. The van der Waals surface area contributed by atoms with Crippen molar-refractivity contribution in [1.29, 1.82) is 0 Å². The number of thioether (sulfide) groups is 1. The highest BCUT2D eigenvalue weighted by Crippen LogP contribution is 2.28. The SMILES string of the molecule is Cn1ccnc1SCC(=O)N1CCN(S(=O)(=O)c2ccc(Cl)s2)CC1. The molecule has 0 unspecified atom stereocenters. The minimum atomic E-state index is -3.53. The first kappa shape index (κ1) is 18.7. The lowest BCUT2D eigenvalue weighted by Gasteiger charge is -2.33. The molecule has 11 heteroatoms. The molecule has 0 atom stereocenters. The van der Waals surface area contributed by atoms with E-state index in [2.05, 4.69) is 4.98 Å². The lowest BCUT2D eigenvalue weighted by molar-refractivity contribution is -0.129. The number of carbonyl (C=O) groups is 1. The number of aryl methyl sites for hydroxylation is 1. The number of aromatic nitrogens is 2. The van der Waals surface area contributed by atoms with Crippen LogP contribution in [0, 0.1) is 0 Å². The summed E-state index contributed by atoms with van der Waals surface area (Å²) in [6, 6.07) is 3.09. The first-order valence-electron chi connectivity index (χ1n) is 7.51. The number of carbonyl (C=O) groups excluding carboxylic acids is 1. The number of hydrogen-bond acceptors (Lipinski definition) is 6. The van der Waals surface area contributed by atoms with Crippen LogP contribution in [0.25, 0.3) is 0 Å². The zero-order valence-electron chi connectivity index (χ0n) is 13.5. The van der Waals surface area contributed by atoms with Crippen LogP contribution in [0.1, 0.15) is 0 Å². The van der Waals surface area contributed by atoms with Gasteiger partial charge in [-0.3, -0.25) is 4.79 Å². The van der Waals surface area contributed by atoms with Crippen LogP contribution in [0.3, 0.4) is 0 Å². The van der Waals surface area contributed by atoms with Gasteiger partial charge in [-0.2, -0.15) is 4.31 Å². The van der Waals surface area contributed by atoms with Crippen molar-refractivity contribution >= 4 is 50.6 Å². The van der Waals surface area contributed by atoms with E-state index in [4.69, 9.17) is 11.6 Å². The fraction of sp³-hybridized carbons (Fsp3) is 0.429. The number of sulfonamides is 1. The van der Waals surface area contributed by atoms with Gasteiger partial charge in [0, 0.05) is 45.6 Å². The second kappa shape index (κ2) is 7.67. The van der Waals surface area contributed by atoms with E-state index in [-0.39, 0.29) is 29.0 Å². The Bertz CT molecular complexity index is 856. The number of amides is 1. The average Bonchev–Trinajstić information content (AvgIpc) is 3.21. The Morgan fingerprint density at radius 3 is 2.60 bits per heavy atom. The molecule has 2 aromatic rings. The Labute approximate surface area is 159 Å². The van der Waals surface area contributed by atoms with Gasteiger partial charge in [0.25, 0.3) is 10.0 Å². The predicted octanol–water partition coefficient (Wildman–Crippen LogP) is 1.76. The molecule has 0 spiro atoms. The van der Waals surface area contributed by atoms with Crippen molar-refractivity contribution in [3.05, 3.63) is 28.9 Å². The van der Waals surface area contributed by atoms with Crippen LogP contribution in [0.2, 0.25) is 4.34 Å². The molecule has 0 aromatic carbocycles. The van der Waals surface area contributed by atoms with Crippen molar-refractivity contribution in [2.75, 3.05) is 31.9 Å². The third-order valence-corrected chi connectivity index (χ3v) is 8.48. The molecule has 0 saturated carbocycles. The fourth-order valence-corrected chi connectivity index (χ4v) is 6.34. The maximum Gasteiger partial charge on any atom is 0.252 e. The van der Waals surface area contributed by atoms with Crippen molar-refractivity contribution in [3.63, 3.8) is 0 Å². The maximum atomic E-state index is 12.6. The Balaban J connectivity index is 1.54. The minimum absolute atomic E-state index is 0.00999. The topological polar surface area (TPSA) is 75.5 Å². The summed E-state index contributed by atoms with van der Waals surface area (Å²) in [6.45, 7) is 1.35. The third kappa shape index (κ3) is 4.20. The Morgan fingerprint density at radius 2 is 2.04 bits per heavy atom. The molecule has 3 heterocycles. The molecule has 25 heavy (non-hydrogen) atoms. The summed E-state index contributed by atoms with van der Waals surface area (Å²) < 4.78 is 29.1. The molecule has 0 aliphatic carbocycles. The van der Waals surface area contributed by atoms with Crippen molar-refractivity contribution in [1.82, 2.24) is 18.8 Å². The Morgan fingerprint density at radius 1 is 1.32 bits per heavy atom. The van der Waals surface area contributed by atoms with E-state index in [0.717, 1.165) is 16.5 Å². The average molecular weight is 421 g/mol. The minimum Gasteiger partial charge on any atom is -0.339 e. The monoisotopic (exact) mass is 420 g/mol. The van der Waals surface area contributed by atoms with Gasteiger partial charge < -0.3 is 9.47 Å². The van der Waals surface area contributed by atoms with Gasteiger partial charge in [-0.1, -0.05) is 23.4 Å². The molecule has 7 nitrogen and oxygen atoms in total. The number of piperazine rings is 1. The van der Waals surface area contributed by atoms with Crippen LogP contribution >= 0.6 is 34.7 Å². The van der Waals surface area contributed by atoms with Gasteiger partial charge >= 0.3 is 0 Å². The van der Waals surface area contributed by atoms with E-state index >= 15 is 0 Å². The molecular formula is C14H17ClN4O3S3. The highest BCUT2D eigenvalue weighted by atomic mass is 35.5. The van der Waals surface area contributed by atoms with Crippen molar-refractivity contribution in [2.24, 2.45) is 7.05 Å². The van der Waals surface area contributed by atoms with E-state index < -0.39 is 10.0 Å². The standard InChI is InChI=1S/C14H17ClN4O3S3/c1-17-5-4-16-14(17)23-10-12(20)18-6-8-19(9-7-18)25(21,22)13-3-2-11(15)24-13/h2-5H,6-10H2,1H3. The second-order valence-corrected chi connectivity index (χ2v) is 10.3. The molecule has 136 valence electrons. The Hall–Kier alpha value is -1.07. The van der Waals surface area contributed by atoms with Crippen molar-refractivity contribution in [2.45, 2.75) is 9.37 Å². The summed E-state index contributed by atoms with van der Waals surface area (Å²) in [6.07, 6.45) is 3.51. The molecule has 3 rings (SSSR count). The van der Waals surface area contributed by atoms with E-state index in [1.165, 1.54) is 22.1 Å². The first-order valence-corrected chi connectivity index (χ1v) is 11.1. The summed E-state index contributed by atoms with van der Waals surface area (Å²) in [5.74, 6) is 0.280. The van der Waals surface area contributed by atoms with Crippen molar-refractivity contribution < 1.29 is 13.2 Å². The van der Waals surface area contributed by atoms with E-state index in [9.17, 15) is 13.2 Å². The molecule has 0 N–H and O–H groups in total. The molecule has 1 saturated heterocycles. The number of halogens is 1. The van der Waals surface area contributed by atoms with Crippen molar-refractivity contribution in [3.8, 4) is 0 Å². The quantitative estimate of drug-likeness (QED) is 0.689. The highest BCUT2D eigenvalue weighted by Gasteiger charge is 2.31. The zero-order valence-corrected chi connectivity index (χ0v) is 16.7. The number of hydrogen-bond donors (Lipinski definition) is 0. The number of thiophene rings is 1. The summed E-state index contributed by atoms with van der Waals surface area (Å²) in [5, 5.41) is 0.782. The lowest BCUT2D eigenvalue weighted by Crippen LogP contribution is -2.50. The molecule has 0 bridgehead atoms. The fourth-order valence-electron chi connectivity index (χ4n) is 2.45. The molecule has 1 amide bonds. The van der Waals surface area contributed by atoms with Gasteiger partial charge in [0.15, 0.2) is 5.16 Å². The van der Waals surface area contributed by atoms with Crippen LogP contribution in [0.4, 0.5) is 0 Å². The summed E-state index contributed by atoms with van der Waals surface area (Å²) >= 11 is 8.26. The third-order valence-electron chi connectivity index (χ3n) is 3.84. The van der Waals surface area contributed by atoms with Crippen LogP contribution in [0.5, 0.6) is 0 Å². The van der Waals surface area contributed by atoms with Crippen LogP contribution < -0.4 is 0 Å². The summed E-state index contributed by atoms with van der Waals surface area (Å²) in [4.78, 5) is 18.2. The zero-order chi connectivity index (χ0) is 18.0. The Kier molecular flexibility index (Phi) is 5.74. The summed E-state index contributed by atoms with van der Waals surface area (Å²) in [5.41, 5.74) is 0. The van der Waals surface area contributed by atoms with Gasteiger partial charge in [-0.15, -0.1) is 11.3 Å². The molecule has 1 aliphatic heterocycles. The molecule has 1 fully saturated rings.